The molecule has 8 heteroatoms. The van der Waals surface area contributed by atoms with Gasteiger partial charge in [-0.25, -0.2) is 9.97 Å². The van der Waals surface area contributed by atoms with E-state index < -0.39 is 6.10 Å². The first-order valence-electron chi connectivity index (χ1n) is 12.9. The fourth-order valence-electron chi connectivity index (χ4n) is 6.45. The quantitative estimate of drug-likeness (QED) is 0.544. The predicted octanol–water partition coefficient (Wildman–Crippen LogP) is 3.36. The van der Waals surface area contributed by atoms with Gasteiger partial charge in [0.05, 0.1) is 18.8 Å². The highest BCUT2D eigenvalue weighted by atomic mass is 16.5. The van der Waals surface area contributed by atoms with Gasteiger partial charge in [-0.1, -0.05) is 32.9 Å². The highest BCUT2D eigenvalue weighted by molar-refractivity contribution is 5.93. The van der Waals surface area contributed by atoms with E-state index >= 15 is 0 Å². The highest BCUT2D eigenvalue weighted by Gasteiger charge is 2.53. The van der Waals surface area contributed by atoms with Crippen molar-refractivity contribution in [3.63, 3.8) is 0 Å². The van der Waals surface area contributed by atoms with Crippen LogP contribution in [0.15, 0.2) is 43.0 Å². The first-order valence-corrected chi connectivity index (χ1v) is 12.9. The number of hydrogen-bond acceptors (Lipinski definition) is 6. The Bertz CT molecular complexity index is 1050. The minimum atomic E-state index is -0.611. The number of aliphatic hydroxyl groups is 1. The van der Waals surface area contributed by atoms with Crippen LogP contribution >= 0.6 is 0 Å². The molecule has 3 N–H and O–H groups in total. The summed E-state index contributed by atoms with van der Waals surface area (Å²) in [5.41, 5.74) is 1.42. The van der Waals surface area contributed by atoms with Crippen LogP contribution in [0, 0.1) is 29.1 Å². The van der Waals surface area contributed by atoms with Gasteiger partial charge in [-0.3, -0.25) is 9.59 Å². The van der Waals surface area contributed by atoms with Gasteiger partial charge >= 0.3 is 0 Å². The fraction of sp³-hybridized carbons (Fsp3) is 0.571. The van der Waals surface area contributed by atoms with Gasteiger partial charge in [0.15, 0.2) is 0 Å². The smallest absolute Gasteiger partial charge is 0.254 e. The maximum absolute atomic E-state index is 13.1. The van der Waals surface area contributed by atoms with Gasteiger partial charge < -0.3 is 20.5 Å². The fourth-order valence-corrected chi connectivity index (χ4v) is 6.45. The van der Waals surface area contributed by atoms with Gasteiger partial charge in [0.1, 0.15) is 12.1 Å². The molecule has 0 saturated heterocycles. The van der Waals surface area contributed by atoms with E-state index in [-0.39, 0.29) is 46.9 Å². The molecule has 2 aromatic rings. The molecule has 0 aliphatic heterocycles. The average molecular weight is 495 g/mol. The second-order valence-corrected chi connectivity index (χ2v) is 10.8. The van der Waals surface area contributed by atoms with E-state index in [2.05, 4.69) is 34.4 Å². The van der Waals surface area contributed by atoms with Gasteiger partial charge in [-0.2, -0.15) is 0 Å². The second kappa shape index (κ2) is 10.9. The normalized spacial score (nSPS) is 30.5. The Morgan fingerprint density at radius 2 is 1.83 bits per heavy atom. The van der Waals surface area contributed by atoms with Gasteiger partial charge in [0.25, 0.3) is 5.91 Å². The van der Waals surface area contributed by atoms with Crippen LogP contribution in [-0.4, -0.2) is 46.1 Å². The number of amides is 2. The number of carbonyl (C=O) groups is 2. The Hall–Kier alpha value is -3.00. The minimum Gasteiger partial charge on any atom is -0.497 e. The first-order chi connectivity index (χ1) is 17.2. The van der Waals surface area contributed by atoms with Crippen molar-refractivity contribution in [2.24, 2.45) is 29.1 Å². The van der Waals surface area contributed by atoms with Crippen molar-refractivity contribution in [3.05, 3.63) is 54.1 Å². The summed E-state index contributed by atoms with van der Waals surface area (Å²) in [6, 6.07) is 7.57. The van der Waals surface area contributed by atoms with E-state index in [9.17, 15) is 14.7 Å². The molecule has 8 nitrogen and oxygen atoms in total. The van der Waals surface area contributed by atoms with E-state index in [1.807, 2.05) is 31.2 Å². The maximum atomic E-state index is 13.1. The van der Waals surface area contributed by atoms with Crippen LogP contribution in [0.25, 0.3) is 0 Å². The number of rotatable bonds is 7. The molecule has 0 bridgehead atoms. The van der Waals surface area contributed by atoms with E-state index in [0.29, 0.717) is 12.1 Å². The molecular weight excluding hydrogens is 456 g/mol. The van der Waals surface area contributed by atoms with Crippen molar-refractivity contribution >= 4 is 11.8 Å². The average Bonchev–Trinajstić information content (AvgIpc) is 2.89. The highest BCUT2D eigenvalue weighted by Crippen LogP contribution is 2.55. The van der Waals surface area contributed by atoms with Crippen molar-refractivity contribution in [2.75, 3.05) is 7.11 Å². The van der Waals surface area contributed by atoms with Crippen LogP contribution in [0.1, 0.15) is 62.4 Å². The number of carbonyl (C=O) groups excluding carboxylic acids is 2. The predicted molar refractivity (Wildman–Crippen MR) is 136 cm³/mol. The zero-order valence-electron chi connectivity index (χ0n) is 21.6. The summed E-state index contributed by atoms with van der Waals surface area (Å²) in [5, 5.41) is 17.8. The van der Waals surface area contributed by atoms with Crippen molar-refractivity contribution in [3.8, 4) is 5.75 Å². The number of aromatic nitrogens is 2. The van der Waals surface area contributed by atoms with Gasteiger partial charge in [-0.15, -0.1) is 0 Å². The number of fused-ring (bicyclic) bond motifs is 1. The summed E-state index contributed by atoms with van der Waals surface area (Å²) in [7, 11) is 1.63. The molecule has 1 unspecified atom stereocenters. The number of methoxy groups -OCH3 is 1. The molecule has 194 valence electrons. The Morgan fingerprint density at radius 1 is 1.17 bits per heavy atom. The molecule has 0 spiro atoms. The molecule has 1 aromatic carbocycles. The van der Waals surface area contributed by atoms with Crippen molar-refractivity contribution in [2.45, 2.75) is 65.1 Å². The Labute approximate surface area is 213 Å². The van der Waals surface area contributed by atoms with Crippen LogP contribution in [0.4, 0.5) is 0 Å². The SMILES string of the molecule is COc1ccc(CNC(=O)[C@@H](C)C2CC[C@@]3(C)CC[C@H](NC(=O)c4cncnc4)[C@@H](C)[C@@H]3[C@H]2O)cc1. The molecule has 36 heavy (non-hydrogen) atoms. The number of ether oxygens (including phenoxy) is 1. The Balaban J connectivity index is 1.40. The lowest BCUT2D eigenvalue weighted by Gasteiger charge is -2.56. The standard InChI is InChI=1S/C28H38N4O4/c1-17(26(34)31-13-19-5-7-21(36-4)8-6-19)22-9-11-28(3)12-10-23(18(2)24(28)25(22)33)32-27(35)20-14-29-16-30-15-20/h5-8,14-18,22-25,33H,9-13H2,1-4H3,(H,31,34)(H,32,35)/t17-,18+,22?,23-,24+,25-,28-/m0/s1. The van der Waals surface area contributed by atoms with Crippen LogP contribution in [0.2, 0.25) is 0 Å². The summed E-state index contributed by atoms with van der Waals surface area (Å²) in [6.45, 7) is 6.73. The van der Waals surface area contributed by atoms with Crippen molar-refractivity contribution in [1.29, 1.82) is 0 Å². The zero-order chi connectivity index (χ0) is 25.9. The topological polar surface area (TPSA) is 113 Å². The van der Waals surface area contributed by atoms with E-state index in [1.54, 1.807) is 7.11 Å². The second-order valence-electron chi connectivity index (χ2n) is 10.8. The molecule has 2 fully saturated rings. The van der Waals surface area contributed by atoms with Crippen molar-refractivity contribution in [1.82, 2.24) is 20.6 Å². The van der Waals surface area contributed by atoms with Gasteiger partial charge in [0.2, 0.25) is 5.91 Å². The van der Waals surface area contributed by atoms with Crippen LogP contribution in [0.3, 0.4) is 0 Å². The third-order valence-electron chi connectivity index (χ3n) is 8.71. The lowest BCUT2D eigenvalue weighted by molar-refractivity contribution is -0.142. The maximum Gasteiger partial charge on any atom is 0.254 e. The summed E-state index contributed by atoms with van der Waals surface area (Å²) in [6.07, 6.45) is 7.39. The summed E-state index contributed by atoms with van der Waals surface area (Å²) in [4.78, 5) is 33.7. The molecule has 1 heterocycles. The monoisotopic (exact) mass is 494 g/mol. The molecular formula is C28H38N4O4. The molecule has 2 amide bonds. The number of hydrogen-bond donors (Lipinski definition) is 3. The number of nitrogens with zero attached hydrogens (tertiary/aromatic N) is 2. The number of aliphatic hydroxyl groups excluding tert-OH is 1. The third kappa shape index (κ3) is 5.38. The minimum absolute atomic E-state index is 0.000776. The molecule has 1 aromatic heterocycles. The molecule has 2 aliphatic rings. The van der Waals surface area contributed by atoms with Crippen molar-refractivity contribution < 1.29 is 19.4 Å². The lowest BCUT2D eigenvalue weighted by atomic mass is 9.51. The van der Waals surface area contributed by atoms with Crippen LogP contribution in [0.5, 0.6) is 5.75 Å². The molecule has 7 atom stereocenters. The third-order valence-corrected chi connectivity index (χ3v) is 8.71. The molecule has 2 saturated carbocycles. The summed E-state index contributed by atoms with van der Waals surface area (Å²) < 4.78 is 5.19. The van der Waals surface area contributed by atoms with E-state index in [4.69, 9.17) is 4.74 Å². The molecule has 2 aliphatic carbocycles. The van der Waals surface area contributed by atoms with E-state index in [0.717, 1.165) is 37.0 Å². The lowest BCUT2D eigenvalue weighted by Crippen LogP contribution is -2.58. The number of nitrogens with one attached hydrogen (secondary N) is 2. The number of benzene rings is 1. The largest absolute Gasteiger partial charge is 0.497 e. The van der Waals surface area contributed by atoms with Gasteiger partial charge in [-0.05, 0) is 66.5 Å². The Kier molecular flexibility index (Phi) is 7.93. The van der Waals surface area contributed by atoms with E-state index in [1.165, 1.54) is 18.7 Å². The van der Waals surface area contributed by atoms with Crippen LogP contribution in [-0.2, 0) is 11.3 Å². The molecule has 4 rings (SSSR count). The first kappa shape index (κ1) is 26.1. The Morgan fingerprint density at radius 3 is 2.50 bits per heavy atom. The van der Waals surface area contributed by atoms with Crippen LogP contribution < -0.4 is 15.4 Å². The summed E-state index contributed by atoms with van der Waals surface area (Å²) in [5.74, 6) is 0.175. The van der Waals surface area contributed by atoms with Gasteiger partial charge in [0, 0.05) is 30.9 Å². The summed E-state index contributed by atoms with van der Waals surface area (Å²) >= 11 is 0. The zero-order valence-corrected chi connectivity index (χ0v) is 21.6. The molecule has 0 radical (unpaired) electrons.